The molecule has 0 saturated carbocycles. The number of nitrogens with zero attached hydrogens (tertiary/aromatic N) is 1. The number of fused-ring (bicyclic) bond motifs is 1. The van der Waals surface area contributed by atoms with Crippen LogP contribution in [-0.2, 0) is 5.54 Å². The Kier molecular flexibility index (Phi) is 2.86. The van der Waals surface area contributed by atoms with E-state index in [1.807, 2.05) is 20.9 Å². The van der Waals surface area contributed by atoms with Crippen molar-refractivity contribution in [2.75, 3.05) is 7.05 Å². The van der Waals surface area contributed by atoms with E-state index >= 15 is 0 Å². The summed E-state index contributed by atoms with van der Waals surface area (Å²) in [5, 5.41) is 4.24. The van der Waals surface area contributed by atoms with Crippen LogP contribution in [0.25, 0.3) is 11.0 Å². The van der Waals surface area contributed by atoms with Crippen LogP contribution in [0.5, 0.6) is 0 Å². The van der Waals surface area contributed by atoms with Crippen molar-refractivity contribution in [3.63, 3.8) is 0 Å². The third-order valence-electron chi connectivity index (χ3n) is 2.74. The zero-order valence-electron chi connectivity index (χ0n) is 9.36. The van der Waals surface area contributed by atoms with Crippen molar-refractivity contribution in [2.45, 2.75) is 19.4 Å². The van der Waals surface area contributed by atoms with Crippen LogP contribution < -0.4 is 5.32 Å². The number of aromatic amines is 1. The van der Waals surface area contributed by atoms with Crippen molar-refractivity contribution in [1.82, 2.24) is 15.3 Å². The van der Waals surface area contributed by atoms with E-state index in [0.717, 1.165) is 16.9 Å². The average Bonchev–Trinajstić information content (AvgIpc) is 2.62. The molecule has 1 aromatic heterocycles. The summed E-state index contributed by atoms with van der Waals surface area (Å²) in [7, 11) is 1.90. The molecule has 0 radical (unpaired) electrons. The first-order valence-electron chi connectivity index (χ1n) is 4.98. The van der Waals surface area contributed by atoms with Crippen molar-refractivity contribution >= 4 is 34.2 Å². The molecule has 0 aliphatic heterocycles. The van der Waals surface area contributed by atoms with E-state index in [2.05, 4.69) is 15.3 Å². The summed E-state index contributed by atoms with van der Waals surface area (Å²) in [6, 6.07) is 3.56. The second-order valence-corrected chi connectivity index (χ2v) is 5.06. The third kappa shape index (κ3) is 1.90. The van der Waals surface area contributed by atoms with Crippen molar-refractivity contribution < 1.29 is 0 Å². The maximum absolute atomic E-state index is 5.95. The molecule has 0 fully saturated rings. The molecule has 0 aliphatic carbocycles. The number of benzene rings is 1. The maximum Gasteiger partial charge on any atom is 0.127 e. The zero-order valence-corrected chi connectivity index (χ0v) is 10.9. The molecule has 16 heavy (non-hydrogen) atoms. The van der Waals surface area contributed by atoms with Crippen LogP contribution in [0.15, 0.2) is 12.1 Å². The Morgan fingerprint density at radius 2 is 1.88 bits per heavy atom. The highest BCUT2D eigenvalue weighted by atomic mass is 35.5. The van der Waals surface area contributed by atoms with Gasteiger partial charge in [0.15, 0.2) is 0 Å². The van der Waals surface area contributed by atoms with Crippen molar-refractivity contribution in [3.8, 4) is 0 Å². The summed E-state index contributed by atoms with van der Waals surface area (Å²) in [6.07, 6.45) is 0. The summed E-state index contributed by atoms with van der Waals surface area (Å²) in [5.74, 6) is 0.864. The quantitative estimate of drug-likeness (QED) is 0.867. The van der Waals surface area contributed by atoms with Crippen LogP contribution in [-0.4, -0.2) is 17.0 Å². The molecule has 0 spiro atoms. The monoisotopic (exact) mass is 257 g/mol. The molecule has 5 heteroatoms. The van der Waals surface area contributed by atoms with Crippen LogP contribution >= 0.6 is 23.2 Å². The number of halogens is 2. The Balaban J connectivity index is 2.61. The van der Waals surface area contributed by atoms with E-state index in [0.29, 0.717) is 10.0 Å². The van der Waals surface area contributed by atoms with E-state index in [1.54, 1.807) is 12.1 Å². The number of aromatic nitrogens is 2. The van der Waals surface area contributed by atoms with Gasteiger partial charge in [0.05, 0.1) is 26.6 Å². The fraction of sp³-hybridized carbons (Fsp3) is 0.364. The lowest BCUT2D eigenvalue weighted by Crippen LogP contribution is -2.34. The van der Waals surface area contributed by atoms with Gasteiger partial charge in [-0.25, -0.2) is 4.98 Å². The van der Waals surface area contributed by atoms with E-state index < -0.39 is 0 Å². The van der Waals surface area contributed by atoms with Crippen LogP contribution in [0.2, 0.25) is 10.0 Å². The summed E-state index contributed by atoms with van der Waals surface area (Å²) < 4.78 is 0. The molecular weight excluding hydrogens is 245 g/mol. The van der Waals surface area contributed by atoms with Crippen LogP contribution in [0.1, 0.15) is 19.7 Å². The van der Waals surface area contributed by atoms with Crippen LogP contribution in [0.4, 0.5) is 0 Å². The van der Waals surface area contributed by atoms with E-state index in [9.17, 15) is 0 Å². The predicted octanol–water partition coefficient (Wildman–Crippen LogP) is 3.32. The van der Waals surface area contributed by atoms with E-state index in [1.165, 1.54) is 0 Å². The maximum atomic E-state index is 5.95. The molecule has 0 bridgehead atoms. The highest BCUT2D eigenvalue weighted by Crippen LogP contribution is 2.28. The van der Waals surface area contributed by atoms with Gasteiger partial charge in [0.1, 0.15) is 5.82 Å². The minimum atomic E-state index is -0.210. The van der Waals surface area contributed by atoms with E-state index in [-0.39, 0.29) is 5.54 Å². The molecule has 0 unspecified atom stereocenters. The number of hydrogen-bond acceptors (Lipinski definition) is 2. The number of nitrogens with one attached hydrogen (secondary N) is 2. The number of H-pyrrole nitrogens is 1. The normalized spacial score (nSPS) is 12.3. The Labute approximate surface area is 104 Å². The lowest BCUT2D eigenvalue weighted by Gasteiger charge is -2.20. The average molecular weight is 258 g/mol. The Hall–Kier alpha value is -0.770. The molecule has 3 nitrogen and oxygen atoms in total. The van der Waals surface area contributed by atoms with Gasteiger partial charge in [0, 0.05) is 0 Å². The van der Waals surface area contributed by atoms with Gasteiger partial charge in [-0.15, -0.1) is 0 Å². The largest absolute Gasteiger partial charge is 0.340 e. The number of rotatable bonds is 2. The molecule has 0 amide bonds. The van der Waals surface area contributed by atoms with Crippen molar-refractivity contribution in [1.29, 1.82) is 0 Å². The molecular formula is C11H13Cl2N3. The molecule has 1 heterocycles. The van der Waals surface area contributed by atoms with Gasteiger partial charge in [-0.05, 0) is 33.0 Å². The summed E-state index contributed by atoms with van der Waals surface area (Å²) in [6.45, 7) is 4.10. The number of imidazole rings is 1. The molecule has 2 rings (SSSR count). The van der Waals surface area contributed by atoms with Crippen molar-refractivity contribution in [2.24, 2.45) is 0 Å². The zero-order chi connectivity index (χ0) is 11.9. The Bertz CT molecular complexity index is 492. The first-order chi connectivity index (χ1) is 7.44. The van der Waals surface area contributed by atoms with Gasteiger partial charge in [-0.1, -0.05) is 23.2 Å². The minimum absolute atomic E-state index is 0.210. The standard InChI is InChI=1S/C11H13Cl2N3/c1-11(2,14-3)10-15-8-4-6(12)7(13)5-9(8)16-10/h4-5,14H,1-3H3,(H,15,16). The van der Waals surface area contributed by atoms with Crippen LogP contribution in [0.3, 0.4) is 0 Å². The second kappa shape index (κ2) is 3.91. The first kappa shape index (κ1) is 11.7. The van der Waals surface area contributed by atoms with Gasteiger partial charge in [0.25, 0.3) is 0 Å². The Morgan fingerprint density at radius 1 is 1.25 bits per heavy atom. The van der Waals surface area contributed by atoms with Crippen LogP contribution in [0, 0.1) is 0 Å². The van der Waals surface area contributed by atoms with Gasteiger partial charge in [0.2, 0.25) is 0 Å². The molecule has 1 aromatic carbocycles. The molecule has 0 saturated heterocycles. The second-order valence-electron chi connectivity index (χ2n) is 4.24. The smallest absolute Gasteiger partial charge is 0.127 e. The molecule has 86 valence electrons. The van der Waals surface area contributed by atoms with E-state index in [4.69, 9.17) is 23.2 Å². The van der Waals surface area contributed by atoms with Gasteiger partial charge in [-0.3, -0.25) is 0 Å². The molecule has 2 N–H and O–H groups in total. The summed E-state index contributed by atoms with van der Waals surface area (Å²) in [5.41, 5.74) is 1.51. The van der Waals surface area contributed by atoms with Gasteiger partial charge in [-0.2, -0.15) is 0 Å². The van der Waals surface area contributed by atoms with Gasteiger partial charge < -0.3 is 10.3 Å². The molecule has 0 atom stereocenters. The fourth-order valence-electron chi connectivity index (χ4n) is 1.42. The lowest BCUT2D eigenvalue weighted by molar-refractivity contribution is 0.422. The first-order valence-corrected chi connectivity index (χ1v) is 5.74. The molecule has 0 aliphatic rings. The van der Waals surface area contributed by atoms with Gasteiger partial charge >= 0.3 is 0 Å². The topological polar surface area (TPSA) is 40.7 Å². The predicted molar refractivity (Wildman–Crippen MR) is 68.2 cm³/mol. The highest BCUT2D eigenvalue weighted by Gasteiger charge is 2.22. The summed E-state index contributed by atoms with van der Waals surface area (Å²) >= 11 is 11.9. The Morgan fingerprint density at radius 3 is 2.50 bits per heavy atom. The minimum Gasteiger partial charge on any atom is -0.340 e. The third-order valence-corrected chi connectivity index (χ3v) is 3.46. The summed E-state index contributed by atoms with van der Waals surface area (Å²) in [4.78, 5) is 7.73. The highest BCUT2D eigenvalue weighted by molar-refractivity contribution is 6.42. The van der Waals surface area contributed by atoms with Crippen molar-refractivity contribution in [3.05, 3.63) is 28.0 Å². The number of hydrogen-bond donors (Lipinski definition) is 2. The SMILES string of the molecule is CNC(C)(C)c1nc2cc(Cl)c(Cl)cc2[nH]1. The molecule has 2 aromatic rings. The fourth-order valence-corrected chi connectivity index (χ4v) is 1.74. The lowest BCUT2D eigenvalue weighted by atomic mass is 10.1.